The third-order valence-electron chi connectivity index (χ3n) is 2.16. The number of rotatable bonds is 2. The molecular weight excluding hydrogens is 144 g/mol. The highest BCUT2D eigenvalue weighted by molar-refractivity contribution is 5.70. The van der Waals surface area contributed by atoms with Crippen LogP contribution in [0.1, 0.15) is 26.2 Å². The number of carbonyl (C=O) groups is 1. The third-order valence-corrected chi connectivity index (χ3v) is 2.16. The lowest BCUT2D eigenvalue weighted by molar-refractivity contribution is -0.148. The van der Waals surface area contributed by atoms with E-state index in [2.05, 4.69) is 0 Å². The molecule has 11 heavy (non-hydrogen) atoms. The number of ether oxygens (including phenoxy) is 1. The summed E-state index contributed by atoms with van der Waals surface area (Å²) in [7, 11) is 0. The molecule has 1 aliphatic rings. The normalized spacial score (nSPS) is 27.9. The highest BCUT2D eigenvalue weighted by atomic mass is 16.5. The van der Waals surface area contributed by atoms with Crippen LogP contribution in [0, 0.1) is 5.92 Å². The van der Waals surface area contributed by atoms with Crippen molar-refractivity contribution in [2.24, 2.45) is 5.92 Å². The van der Waals surface area contributed by atoms with Crippen molar-refractivity contribution >= 4 is 5.97 Å². The van der Waals surface area contributed by atoms with Crippen LogP contribution < -0.4 is 0 Å². The molecule has 0 unspecified atom stereocenters. The average Bonchev–Trinajstić information content (AvgIpc) is 2.05. The summed E-state index contributed by atoms with van der Waals surface area (Å²) < 4.78 is 5.32. The number of aliphatic carboxylic acids is 1. The van der Waals surface area contributed by atoms with Gasteiger partial charge >= 0.3 is 5.97 Å². The number of hydrogen-bond donors (Lipinski definition) is 1. The van der Waals surface area contributed by atoms with Crippen molar-refractivity contribution in [2.75, 3.05) is 6.61 Å². The Labute approximate surface area is 66.4 Å². The summed E-state index contributed by atoms with van der Waals surface area (Å²) in [4.78, 5) is 10.5. The Kier molecular flexibility index (Phi) is 2.88. The minimum Gasteiger partial charge on any atom is -0.481 e. The van der Waals surface area contributed by atoms with Crippen molar-refractivity contribution < 1.29 is 14.6 Å². The molecule has 2 atom stereocenters. The zero-order chi connectivity index (χ0) is 8.27. The Morgan fingerprint density at radius 2 is 2.36 bits per heavy atom. The maximum absolute atomic E-state index is 10.5. The summed E-state index contributed by atoms with van der Waals surface area (Å²) in [6.07, 6.45) is 3.01. The molecular formula is C8H14O3. The highest BCUT2D eigenvalue weighted by Crippen LogP contribution is 2.19. The van der Waals surface area contributed by atoms with E-state index in [9.17, 15) is 4.79 Å². The van der Waals surface area contributed by atoms with Crippen LogP contribution >= 0.6 is 0 Å². The monoisotopic (exact) mass is 158 g/mol. The standard InChI is InChI=1S/C8H14O3/c1-6(8(9)10)7-4-2-3-5-11-7/h6-7H,2-5H2,1H3,(H,9,10)/t6-,7+/m0/s1. The minimum absolute atomic E-state index is 0.0544. The molecule has 1 heterocycles. The molecule has 1 aliphatic heterocycles. The van der Waals surface area contributed by atoms with E-state index in [1.165, 1.54) is 0 Å². The SMILES string of the molecule is C[C@H](C(=O)O)[C@H]1CCCCO1. The van der Waals surface area contributed by atoms with Crippen molar-refractivity contribution in [3.8, 4) is 0 Å². The quantitative estimate of drug-likeness (QED) is 0.658. The topological polar surface area (TPSA) is 46.5 Å². The van der Waals surface area contributed by atoms with Gasteiger partial charge in [-0.2, -0.15) is 0 Å². The van der Waals surface area contributed by atoms with E-state index in [4.69, 9.17) is 9.84 Å². The molecule has 0 saturated carbocycles. The lowest BCUT2D eigenvalue weighted by Crippen LogP contribution is -2.31. The molecule has 1 rings (SSSR count). The maximum atomic E-state index is 10.5. The summed E-state index contributed by atoms with van der Waals surface area (Å²) in [5.41, 5.74) is 0. The first-order chi connectivity index (χ1) is 5.22. The Hall–Kier alpha value is -0.570. The first-order valence-electron chi connectivity index (χ1n) is 4.06. The second kappa shape index (κ2) is 3.72. The lowest BCUT2D eigenvalue weighted by Gasteiger charge is -2.25. The van der Waals surface area contributed by atoms with Gasteiger partial charge in [-0.05, 0) is 26.2 Å². The molecule has 3 nitrogen and oxygen atoms in total. The van der Waals surface area contributed by atoms with Crippen LogP contribution in [0.4, 0.5) is 0 Å². The van der Waals surface area contributed by atoms with Crippen LogP contribution in [0.5, 0.6) is 0 Å². The van der Waals surface area contributed by atoms with Gasteiger partial charge in [0.1, 0.15) is 0 Å². The van der Waals surface area contributed by atoms with Crippen LogP contribution in [0.2, 0.25) is 0 Å². The van der Waals surface area contributed by atoms with Gasteiger partial charge in [-0.1, -0.05) is 0 Å². The van der Waals surface area contributed by atoms with Gasteiger partial charge < -0.3 is 9.84 Å². The van der Waals surface area contributed by atoms with Gasteiger partial charge in [0.05, 0.1) is 12.0 Å². The molecule has 0 aromatic heterocycles. The van der Waals surface area contributed by atoms with Gasteiger partial charge in [-0.15, -0.1) is 0 Å². The minimum atomic E-state index is -0.753. The van der Waals surface area contributed by atoms with E-state index < -0.39 is 5.97 Å². The van der Waals surface area contributed by atoms with Crippen LogP contribution in [-0.4, -0.2) is 23.8 Å². The van der Waals surface area contributed by atoms with Crippen molar-refractivity contribution in [1.29, 1.82) is 0 Å². The maximum Gasteiger partial charge on any atom is 0.308 e. The Balaban J connectivity index is 2.38. The van der Waals surface area contributed by atoms with E-state index >= 15 is 0 Å². The van der Waals surface area contributed by atoms with E-state index in [-0.39, 0.29) is 12.0 Å². The smallest absolute Gasteiger partial charge is 0.308 e. The van der Waals surface area contributed by atoms with Gasteiger partial charge in [0, 0.05) is 6.61 Å². The fourth-order valence-electron chi connectivity index (χ4n) is 1.32. The second-order valence-corrected chi connectivity index (χ2v) is 3.03. The van der Waals surface area contributed by atoms with E-state index in [0.717, 1.165) is 25.9 Å². The molecule has 0 aliphatic carbocycles. The van der Waals surface area contributed by atoms with Gasteiger partial charge in [0.2, 0.25) is 0 Å². The Morgan fingerprint density at radius 1 is 1.64 bits per heavy atom. The van der Waals surface area contributed by atoms with Crippen molar-refractivity contribution in [2.45, 2.75) is 32.3 Å². The van der Waals surface area contributed by atoms with E-state index in [1.807, 2.05) is 0 Å². The first kappa shape index (κ1) is 8.53. The van der Waals surface area contributed by atoms with Crippen molar-refractivity contribution in [3.05, 3.63) is 0 Å². The summed E-state index contributed by atoms with van der Waals surface area (Å²) in [6, 6.07) is 0. The van der Waals surface area contributed by atoms with Crippen LogP contribution in [-0.2, 0) is 9.53 Å². The van der Waals surface area contributed by atoms with Crippen LogP contribution in [0.3, 0.4) is 0 Å². The summed E-state index contributed by atoms with van der Waals surface area (Å²) in [5.74, 6) is -1.10. The third kappa shape index (κ3) is 2.19. The molecule has 0 amide bonds. The van der Waals surface area contributed by atoms with E-state index in [1.54, 1.807) is 6.92 Å². The summed E-state index contributed by atoms with van der Waals surface area (Å²) in [5, 5.41) is 8.65. The Morgan fingerprint density at radius 3 is 2.82 bits per heavy atom. The molecule has 0 bridgehead atoms. The fraction of sp³-hybridized carbons (Fsp3) is 0.875. The second-order valence-electron chi connectivity index (χ2n) is 3.03. The predicted molar refractivity (Wildman–Crippen MR) is 40.4 cm³/mol. The predicted octanol–water partition coefficient (Wildman–Crippen LogP) is 1.28. The number of hydrogen-bond acceptors (Lipinski definition) is 2. The molecule has 0 aromatic carbocycles. The molecule has 1 N–H and O–H groups in total. The molecule has 1 fully saturated rings. The lowest BCUT2D eigenvalue weighted by atomic mass is 9.98. The molecule has 3 heteroatoms. The molecule has 0 spiro atoms. The van der Waals surface area contributed by atoms with Gasteiger partial charge in [-0.3, -0.25) is 4.79 Å². The largest absolute Gasteiger partial charge is 0.481 e. The number of carboxylic acids is 1. The van der Waals surface area contributed by atoms with Gasteiger partial charge in [0.25, 0.3) is 0 Å². The zero-order valence-electron chi connectivity index (χ0n) is 6.75. The highest BCUT2D eigenvalue weighted by Gasteiger charge is 2.25. The molecule has 0 radical (unpaired) electrons. The van der Waals surface area contributed by atoms with Crippen LogP contribution in [0.25, 0.3) is 0 Å². The first-order valence-corrected chi connectivity index (χ1v) is 4.06. The van der Waals surface area contributed by atoms with Gasteiger partial charge in [0.15, 0.2) is 0 Å². The molecule has 64 valence electrons. The van der Waals surface area contributed by atoms with Crippen molar-refractivity contribution in [3.63, 3.8) is 0 Å². The van der Waals surface area contributed by atoms with E-state index in [0.29, 0.717) is 0 Å². The summed E-state index contributed by atoms with van der Waals surface area (Å²) in [6.45, 7) is 2.43. The molecule has 0 aromatic rings. The fourth-order valence-corrected chi connectivity index (χ4v) is 1.32. The van der Waals surface area contributed by atoms with Crippen molar-refractivity contribution in [1.82, 2.24) is 0 Å². The zero-order valence-corrected chi connectivity index (χ0v) is 6.75. The van der Waals surface area contributed by atoms with Crippen LogP contribution in [0.15, 0.2) is 0 Å². The average molecular weight is 158 g/mol. The summed E-state index contributed by atoms with van der Waals surface area (Å²) >= 11 is 0. The number of carboxylic acid groups (broad SMARTS) is 1. The Bertz CT molecular complexity index is 138. The van der Waals surface area contributed by atoms with Gasteiger partial charge in [-0.25, -0.2) is 0 Å². The molecule has 1 saturated heterocycles.